The zero-order valence-corrected chi connectivity index (χ0v) is 11.7. The lowest BCUT2D eigenvalue weighted by Crippen LogP contribution is -2.48. The molecule has 0 spiro atoms. The van der Waals surface area contributed by atoms with E-state index in [0.717, 1.165) is 37.5 Å². The molecule has 1 aliphatic heterocycles. The third-order valence-electron chi connectivity index (χ3n) is 3.38. The molecular weight excluding hydrogens is 262 g/mol. The molecule has 4 nitrogen and oxygen atoms in total. The Balaban J connectivity index is 1.87. The number of piperidine rings is 1. The monoisotopic (exact) mass is 281 g/mol. The van der Waals surface area contributed by atoms with Crippen LogP contribution in [0.3, 0.4) is 0 Å². The average Bonchev–Trinajstić information content (AvgIpc) is 2.42. The van der Waals surface area contributed by atoms with Crippen LogP contribution in [0.2, 0.25) is 5.02 Å². The maximum absolute atomic E-state index is 11.3. The number of nitrogens with one attached hydrogen (secondary N) is 1. The minimum atomic E-state index is -0.0710. The SMILES string of the molecule is NCC(=O)N[C@H]1CCCN(Cc2ccc(Cl)cc2)C1. The Morgan fingerprint density at radius 2 is 2.16 bits per heavy atom. The molecule has 0 unspecified atom stereocenters. The van der Waals surface area contributed by atoms with Crippen molar-refractivity contribution in [2.45, 2.75) is 25.4 Å². The van der Waals surface area contributed by atoms with Crippen LogP contribution in [-0.2, 0) is 11.3 Å². The van der Waals surface area contributed by atoms with Crippen LogP contribution in [-0.4, -0.2) is 36.5 Å². The number of halogens is 1. The van der Waals surface area contributed by atoms with Crippen LogP contribution < -0.4 is 11.1 Å². The van der Waals surface area contributed by atoms with E-state index in [1.54, 1.807) is 0 Å². The maximum Gasteiger partial charge on any atom is 0.233 e. The molecule has 19 heavy (non-hydrogen) atoms. The quantitative estimate of drug-likeness (QED) is 0.877. The molecule has 1 heterocycles. The summed E-state index contributed by atoms with van der Waals surface area (Å²) in [6.07, 6.45) is 2.13. The van der Waals surface area contributed by atoms with Crippen molar-refractivity contribution in [2.24, 2.45) is 5.73 Å². The van der Waals surface area contributed by atoms with E-state index in [1.165, 1.54) is 5.56 Å². The van der Waals surface area contributed by atoms with Crippen molar-refractivity contribution in [3.05, 3.63) is 34.9 Å². The fourth-order valence-corrected chi connectivity index (χ4v) is 2.58. The van der Waals surface area contributed by atoms with E-state index in [0.29, 0.717) is 0 Å². The van der Waals surface area contributed by atoms with E-state index in [2.05, 4.69) is 10.2 Å². The van der Waals surface area contributed by atoms with Gasteiger partial charge in [0, 0.05) is 24.2 Å². The van der Waals surface area contributed by atoms with Crippen molar-refractivity contribution in [1.82, 2.24) is 10.2 Å². The number of likely N-dealkylation sites (tertiary alicyclic amines) is 1. The van der Waals surface area contributed by atoms with Crippen molar-refractivity contribution >= 4 is 17.5 Å². The number of benzene rings is 1. The highest BCUT2D eigenvalue weighted by Gasteiger charge is 2.20. The first kappa shape index (κ1) is 14.3. The van der Waals surface area contributed by atoms with Crippen LogP contribution in [0.15, 0.2) is 24.3 Å². The molecule has 0 bridgehead atoms. The summed E-state index contributed by atoms with van der Waals surface area (Å²) in [4.78, 5) is 13.7. The Bertz CT molecular complexity index is 421. The first-order valence-corrected chi connectivity index (χ1v) is 7.01. The number of nitrogens with zero attached hydrogens (tertiary/aromatic N) is 1. The van der Waals surface area contributed by atoms with Gasteiger partial charge < -0.3 is 11.1 Å². The molecule has 0 saturated carbocycles. The second kappa shape index (κ2) is 6.89. The molecule has 1 amide bonds. The van der Waals surface area contributed by atoms with Gasteiger partial charge in [-0.25, -0.2) is 0 Å². The number of rotatable bonds is 4. The zero-order valence-electron chi connectivity index (χ0n) is 10.9. The van der Waals surface area contributed by atoms with Crippen LogP contribution >= 0.6 is 11.6 Å². The lowest BCUT2D eigenvalue weighted by molar-refractivity contribution is -0.120. The van der Waals surface area contributed by atoms with E-state index in [9.17, 15) is 4.79 Å². The van der Waals surface area contributed by atoms with Crippen molar-refractivity contribution in [1.29, 1.82) is 0 Å². The third-order valence-corrected chi connectivity index (χ3v) is 3.63. The lowest BCUT2D eigenvalue weighted by Gasteiger charge is -2.33. The van der Waals surface area contributed by atoms with Crippen LogP contribution in [0.5, 0.6) is 0 Å². The number of carbonyl (C=O) groups excluding carboxylic acids is 1. The van der Waals surface area contributed by atoms with Gasteiger partial charge in [0.15, 0.2) is 0 Å². The summed E-state index contributed by atoms with van der Waals surface area (Å²) in [6.45, 7) is 2.91. The number of hydrogen-bond donors (Lipinski definition) is 2. The average molecular weight is 282 g/mol. The highest BCUT2D eigenvalue weighted by atomic mass is 35.5. The summed E-state index contributed by atoms with van der Waals surface area (Å²) in [7, 11) is 0. The van der Waals surface area contributed by atoms with Crippen molar-refractivity contribution in [2.75, 3.05) is 19.6 Å². The Kier molecular flexibility index (Phi) is 5.19. The number of hydrogen-bond acceptors (Lipinski definition) is 3. The molecule has 5 heteroatoms. The molecule has 2 rings (SSSR count). The molecule has 3 N–H and O–H groups in total. The summed E-state index contributed by atoms with van der Waals surface area (Å²) in [5, 5.41) is 3.73. The summed E-state index contributed by atoms with van der Waals surface area (Å²) in [6, 6.07) is 8.13. The number of amides is 1. The molecule has 1 aliphatic rings. The van der Waals surface area contributed by atoms with Crippen molar-refractivity contribution in [3.8, 4) is 0 Å². The van der Waals surface area contributed by atoms with Crippen molar-refractivity contribution < 1.29 is 4.79 Å². The zero-order chi connectivity index (χ0) is 13.7. The van der Waals surface area contributed by atoms with Gasteiger partial charge in [-0.15, -0.1) is 0 Å². The van der Waals surface area contributed by atoms with Gasteiger partial charge >= 0.3 is 0 Å². The minimum Gasteiger partial charge on any atom is -0.351 e. The van der Waals surface area contributed by atoms with E-state index in [4.69, 9.17) is 17.3 Å². The van der Waals surface area contributed by atoms with Gasteiger partial charge in [-0.05, 0) is 37.1 Å². The number of carbonyl (C=O) groups is 1. The van der Waals surface area contributed by atoms with Gasteiger partial charge in [0.2, 0.25) is 5.91 Å². The first-order chi connectivity index (χ1) is 9.17. The molecule has 0 aliphatic carbocycles. The van der Waals surface area contributed by atoms with Gasteiger partial charge in [0.25, 0.3) is 0 Å². The molecular formula is C14H20ClN3O. The third kappa shape index (κ3) is 4.49. The van der Waals surface area contributed by atoms with Crippen LogP contribution in [0, 0.1) is 0 Å². The number of nitrogens with two attached hydrogens (primary N) is 1. The molecule has 0 radical (unpaired) electrons. The van der Waals surface area contributed by atoms with Crippen LogP contribution in [0.1, 0.15) is 18.4 Å². The maximum atomic E-state index is 11.3. The van der Waals surface area contributed by atoms with Gasteiger partial charge in [-0.1, -0.05) is 23.7 Å². The van der Waals surface area contributed by atoms with Crippen LogP contribution in [0.4, 0.5) is 0 Å². The van der Waals surface area contributed by atoms with Gasteiger partial charge in [0.05, 0.1) is 6.54 Å². The minimum absolute atomic E-state index is 0.0632. The van der Waals surface area contributed by atoms with E-state index < -0.39 is 0 Å². The summed E-state index contributed by atoms with van der Waals surface area (Å²) < 4.78 is 0. The highest BCUT2D eigenvalue weighted by Crippen LogP contribution is 2.15. The predicted octanol–water partition coefficient (Wildman–Crippen LogP) is 1.38. The summed E-state index contributed by atoms with van der Waals surface area (Å²) >= 11 is 5.88. The van der Waals surface area contributed by atoms with Gasteiger partial charge in [0.1, 0.15) is 0 Å². The smallest absolute Gasteiger partial charge is 0.233 e. The first-order valence-electron chi connectivity index (χ1n) is 6.63. The normalized spacial score (nSPS) is 20.2. The molecule has 104 valence electrons. The van der Waals surface area contributed by atoms with Gasteiger partial charge in [-0.3, -0.25) is 9.69 Å². The molecule has 0 aromatic heterocycles. The molecule has 1 aromatic carbocycles. The standard InChI is InChI=1S/C14H20ClN3O/c15-12-5-3-11(4-6-12)9-18-7-1-2-13(10-18)17-14(19)8-16/h3-6,13H,1-2,7-10,16H2,(H,17,19)/t13-/m0/s1. The topological polar surface area (TPSA) is 58.4 Å². The lowest BCUT2D eigenvalue weighted by atomic mass is 10.0. The molecule has 1 fully saturated rings. The Hall–Kier alpha value is -1.10. The highest BCUT2D eigenvalue weighted by molar-refractivity contribution is 6.30. The summed E-state index contributed by atoms with van der Waals surface area (Å²) in [5.74, 6) is -0.0710. The Morgan fingerprint density at radius 3 is 2.84 bits per heavy atom. The fourth-order valence-electron chi connectivity index (χ4n) is 2.45. The van der Waals surface area contributed by atoms with E-state index in [1.807, 2.05) is 24.3 Å². The second-order valence-electron chi connectivity index (χ2n) is 4.97. The van der Waals surface area contributed by atoms with Crippen LogP contribution in [0.25, 0.3) is 0 Å². The Labute approximate surface area is 118 Å². The molecule has 1 aromatic rings. The second-order valence-corrected chi connectivity index (χ2v) is 5.41. The van der Waals surface area contributed by atoms with Gasteiger partial charge in [-0.2, -0.15) is 0 Å². The van der Waals surface area contributed by atoms with Crippen molar-refractivity contribution in [3.63, 3.8) is 0 Å². The predicted molar refractivity (Wildman–Crippen MR) is 76.9 cm³/mol. The summed E-state index contributed by atoms with van der Waals surface area (Å²) in [5.41, 5.74) is 6.57. The van der Waals surface area contributed by atoms with E-state index in [-0.39, 0.29) is 18.5 Å². The Morgan fingerprint density at radius 1 is 1.42 bits per heavy atom. The van der Waals surface area contributed by atoms with E-state index >= 15 is 0 Å². The molecule has 1 atom stereocenters. The fraction of sp³-hybridized carbons (Fsp3) is 0.500. The largest absolute Gasteiger partial charge is 0.351 e. The molecule has 1 saturated heterocycles.